The van der Waals surface area contributed by atoms with Crippen molar-refractivity contribution < 1.29 is 33.3 Å². The summed E-state index contributed by atoms with van der Waals surface area (Å²) in [6.45, 7) is 2.97. The minimum Gasteiger partial charge on any atom is -0.507 e. The Balaban J connectivity index is 1.65. The van der Waals surface area contributed by atoms with E-state index in [4.69, 9.17) is 30.2 Å². The summed E-state index contributed by atoms with van der Waals surface area (Å²) >= 11 is 6.17. The molecule has 34 heavy (non-hydrogen) atoms. The molecular formula is C25H20ClNO7. The molecule has 0 spiro atoms. The Hall–Kier alpha value is -3.91. The smallest absolute Gasteiger partial charge is 0.300 e. The third-order valence-electron chi connectivity index (χ3n) is 5.57. The molecule has 9 heteroatoms. The van der Waals surface area contributed by atoms with E-state index >= 15 is 0 Å². The van der Waals surface area contributed by atoms with Crippen molar-refractivity contribution in [3.63, 3.8) is 0 Å². The topological polar surface area (TPSA) is 98.4 Å². The van der Waals surface area contributed by atoms with E-state index in [1.807, 2.05) is 0 Å². The van der Waals surface area contributed by atoms with Crippen LogP contribution in [-0.4, -0.2) is 36.6 Å². The van der Waals surface area contributed by atoms with Crippen molar-refractivity contribution in [1.82, 2.24) is 0 Å². The molecule has 3 aromatic rings. The highest BCUT2D eigenvalue weighted by molar-refractivity contribution is 6.51. The van der Waals surface area contributed by atoms with Gasteiger partial charge >= 0.3 is 0 Å². The number of fused-ring (bicyclic) bond motifs is 1. The summed E-state index contributed by atoms with van der Waals surface area (Å²) in [6, 6.07) is 11.9. The number of hydrogen-bond acceptors (Lipinski definition) is 7. The second kappa shape index (κ2) is 8.79. The van der Waals surface area contributed by atoms with E-state index in [1.54, 1.807) is 49.4 Å². The Morgan fingerprint density at radius 3 is 2.65 bits per heavy atom. The van der Waals surface area contributed by atoms with Gasteiger partial charge in [0.2, 0.25) is 0 Å². The number of halogens is 1. The first-order valence-corrected chi connectivity index (χ1v) is 11.0. The van der Waals surface area contributed by atoms with Crippen LogP contribution in [0, 0.1) is 0 Å². The number of benzene rings is 2. The third kappa shape index (κ3) is 3.66. The molecule has 0 saturated carbocycles. The molecule has 3 heterocycles. The average molecular weight is 482 g/mol. The first-order chi connectivity index (χ1) is 16.5. The fourth-order valence-electron chi connectivity index (χ4n) is 4.07. The van der Waals surface area contributed by atoms with Crippen LogP contribution < -0.4 is 19.1 Å². The molecule has 5 rings (SSSR count). The zero-order valence-electron chi connectivity index (χ0n) is 18.1. The number of carbonyl (C=O) groups excluding carboxylic acids is 2. The normalized spacial score (nSPS) is 18.9. The summed E-state index contributed by atoms with van der Waals surface area (Å²) in [7, 11) is 0. The number of aliphatic hydroxyl groups excluding tert-OH is 1. The number of anilines is 1. The van der Waals surface area contributed by atoms with Gasteiger partial charge in [-0.25, -0.2) is 0 Å². The van der Waals surface area contributed by atoms with Crippen molar-refractivity contribution in [1.29, 1.82) is 0 Å². The van der Waals surface area contributed by atoms with Crippen LogP contribution in [0.1, 0.15) is 24.3 Å². The molecule has 1 unspecified atom stereocenters. The van der Waals surface area contributed by atoms with Gasteiger partial charge in [0.1, 0.15) is 36.5 Å². The van der Waals surface area contributed by atoms with E-state index < -0.39 is 17.7 Å². The Bertz CT molecular complexity index is 1300. The van der Waals surface area contributed by atoms with Crippen molar-refractivity contribution in [2.24, 2.45) is 0 Å². The summed E-state index contributed by atoms with van der Waals surface area (Å²) in [6.07, 6.45) is 1.44. The number of nitrogens with zero attached hydrogens (tertiary/aromatic N) is 1. The Morgan fingerprint density at radius 2 is 1.91 bits per heavy atom. The molecule has 8 nitrogen and oxygen atoms in total. The van der Waals surface area contributed by atoms with Gasteiger partial charge in [-0.15, -0.1) is 0 Å². The second-order valence-electron chi connectivity index (χ2n) is 7.59. The molecule has 0 radical (unpaired) electrons. The van der Waals surface area contributed by atoms with E-state index in [2.05, 4.69) is 0 Å². The monoisotopic (exact) mass is 481 g/mol. The number of Topliss-reactive ketones (excluding diaryl/α,β-unsaturated/α-hetero) is 1. The van der Waals surface area contributed by atoms with Crippen molar-refractivity contribution in [3.05, 3.63) is 76.7 Å². The van der Waals surface area contributed by atoms with Crippen LogP contribution in [0.3, 0.4) is 0 Å². The van der Waals surface area contributed by atoms with Gasteiger partial charge in [-0.1, -0.05) is 11.6 Å². The van der Waals surface area contributed by atoms with E-state index in [0.29, 0.717) is 53.5 Å². The lowest BCUT2D eigenvalue weighted by atomic mass is 9.99. The van der Waals surface area contributed by atoms with Gasteiger partial charge in [0.15, 0.2) is 11.5 Å². The first kappa shape index (κ1) is 21.9. The predicted octanol–water partition coefficient (Wildman–Crippen LogP) is 4.73. The molecule has 1 amide bonds. The SMILES string of the molecule is CCOc1cc(/C(O)=C2/C(=O)C(=O)N(c3ccc4c(c3)OCCO4)C2c2ccco2)ccc1Cl. The minimum atomic E-state index is -0.996. The van der Waals surface area contributed by atoms with E-state index in [1.165, 1.54) is 17.2 Å². The fraction of sp³-hybridized carbons (Fsp3) is 0.200. The van der Waals surface area contributed by atoms with Gasteiger partial charge in [0.05, 0.1) is 23.5 Å². The van der Waals surface area contributed by atoms with Crippen LogP contribution in [0.2, 0.25) is 5.02 Å². The fourth-order valence-corrected chi connectivity index (χ4v) is 4.24. The molecule has 2 aromatic carbocycles. The number of aliphatic hydroxyl groups is 1. The van der Waals surface area contributed by atoms with Gasteiger partial charge in [-0.3, -0.25) is 14.5 Å². The summed E-state index contributed by atoms with van der Waals surface area (Å²) in [5.41, 5.74) is 0.571. The van der Waals surface area contributed by atoms with Crippen LogP contribution in [-0.2, 0) is 9.59 Å². The highest BCUT2D eigenvalue weighted by Gasteiger charge is 2.48. The third-order valence-corrected chi connectivity index (χ3v) is 5.88. The van der Waals surface area contributed by atoms with Crippen LogP contribution in [0.4, 0.5) is 5.69 Å². The lowest BCUT2D eigenvalue weighted by Crippen LogP contribution is -2.29. The maximum absolute atomic E-state index is 13.2. The molecule has 0 bridgehead atoms. The number of hydrogen-bond donors (Lipinski definition) is 1. The number of ether oxygens (including phenoxy) is 3. The highest BCUT2D eigenvalue weighted by Crippen LogP contribution is 2.45. The summed E-state index contributed by atoms with van der Waals surface area (Å²) in [5, 5.41) is 11.6. The van der Waals surface area contributed by atoms with E-state index in [0.717, 1.165) is 0 Å². The van der Waals surface area contributed by atoms with Crippen LogP contribution in [0.25, 0.3) is 5.76 Å². The van der Waals surface area contributed by atoms with E-state index in [-0.39, 0.29) is 16.9 Å². The van der Waals surface area contributed by atoms with Gasteiger partial charge in [0.25, 0.3) is 11.7 Å². The number of ketones is 1. The molecule has 2 aliphatic rings. The van der Waals surface area contributed by atoms with Crippen molar-refractivity contribution in [3.8, 4) is 17.2 Å². The van der Waals surface area contributed by atoms with Gasteiger partial charge < -0.3 is 23.7 Å². The van der Waals surface area contributed by atoms with Crippen LogP contribution in [0.5, 0.6) is 17.2 Å². The molecule has 2 aliphatic heterocycles. The first-order valence-electron chi connectivity index (χ1n) is 10.7. The molecule has 0 aliphatic carbocycles. The zero-order valence-corrected chi connectivity index (χ0v) is 18.9. The predicted molar refractivity (Wildman–Crippen MR) is 124 cm³/mol. The molecular weight excluding hydrogens is 462 g/mol. The molecule has 1 aromatic heterocycles. The molecule has 1 N–H and O–H groups in total. The van der Waals surface area contributed by atoms with Crippen molar-refractivity contribution >= 4 is 34.7 Å². The molecule has 1 fully saturated rings. The molecule has 1 atom stereocenters. The van der Waals surface area contributed by atoms with Gasteiger partial charge in [-0.05, 0) is 49.4 Å². The average Bonchev–Trinajstić information content (AvgIpc) is 3.47. The molecule has 1 saturated heterocycles. The number of rotatable bonds is 5. The maximum Gasteiger partial charge on any atom is 0.300 e. The zero-order chi connectivity index (χ0) is 23.8. The Kier molecular flexibility index (Phi) is 5.67. The van der Waals surface area contributed by atoms with Gasteiger partial charge in [0, 0.05) is 17.3 Å². The molecule has 174 valence electrons. The lowest BCUT2D eigenvalue weighted by Gasteiger charge is -2.25. The number of carbonyl (C=O) groups is 2. The number of furan rings is 1. The minimum absolute atomic E-state index is 0.111. The van der Waals surface area contributed by atoms with Crippen LogP contribution >= 0.6 is 11.6 Å². The van der Waals surface area contributed by atoms with Crippen molar-refractivity contribution in [2.45, 2.75) is 13.0 Å². The summed E-state index contributed by atoms with van der Waals surface area (Å²) in [5.74, 6) is -0.343. The lowest BCUT2D eigenvalue weighted by molar-refractivity contribution is -0.132. The quantitative estimate of drug-likeness (QED) is 0.319. The summed E-state index contributed by atoms with van der Waals surface area (Å²) < 4.78 is 22.3. The van der Waals surface area contributed by atoms with E-state index in [9.17, 15) is 14.7 Å². The van der Waals surface area contributed by atoms with Gasteiger partial charge in [-0.2, -0.15) is 0 Å². The maximum atomic E-state index is 13.2. The Morgan fingerprint density at radius 1 is 1.12 bits per heavy atom. The van der Waals surface area contributed by atoms with Crippen LogP contribution in [0.15, 0.2) is 64.8 Å². The summed E-state index contributed by atoms with van der Waals surface area (Å²) in [4.78, 5) is 27.7. The highest BCUT2D eigenvalue weighted by atomic mass is 35.5. The number of amides is 1. The Labute approximate surface area is 199 Å². The van der Waals surface area contributed by atoms with Crippen molar-refractivity contribution in [2.75, 3.05) is 24.7 Å². The second-order valence-corrected chi connectivity index (χ2v) is 8.00. The largest absolute Gasteiger partial charge is 0.507 e. The standard InChI is InChI=1S/C25H20ClNO7/c1-2-31-19-12-14(5-7-16(19)26)23(28)21-22(18-4-3-9-32-18)27(25(30)24(21)29)15-6-8-17-20(13-15)34-11-10-33-17/h3-9,12-13,22,28H,2,10-11H2,1H3/b23-21-.